The normalized spacial score (nSPS) is 11.3. The number of hydrogen-bond acceptors (Lipinski definition) is 2. The van der Waals surface area contributed by atoms with Gasteiger partial charge in [-0.3, -0.25) is 4.79 Å². The van der Waals surface area contributed by atoms with Crippen LogP contribution in [0.3, 0.4) is 0 Å². The number of halogens is 2. The third kappa shape index (κ3) is 3.47. The number of aromatic nitrogens is 1. The van der Waals surface area contributed by atoms with E-state index in [0.29, 0.717) is 16.5 Å². The fourth-order valence-electron chi connectivity index (χ4n) is 0.933. The molecule has 0 saturated heterocycles. The molecule has 3 nitrogen and oxygen atoms in total. The van der Waals surface area contributed by atoms with Gasteiger partial charge in [0.2, 0.25) is 5.91 Å². The second kappa shape index (κ2) is 4.49. The van der Waals surface area contributed by atoms with Crippen LogP contribution >= 0.6 is 27.5 Å². The third-order valence-electron chi connectivity index (χ3n) is 1.84. The highest BCUT2D eigenvalue weighted by atomic mass is 79.9. The molecule has 0 atom stereocenters. The summed E-state index contributed by atoms with van der Waals surface area (Å²) >= 11 is 8.99. The number of anilines is 1. The van der Waals surface area contributed by atoms with Crippen molar-refractivity contribution in [3.63, 3.8) is 0 Å². The number of aryl methyl sites for hydroxylation is 1. The van der Waals surface area contributed by atoms with E-state index < -0.39 is 4.32 Å². The summed E-state index contributed by atoms with van der Waals surface area (Å²) in [5.74, 6) is -0.116. The lowest BCUT2D eigenvalue weighted by Gasteiger charge is -2.16. The molecule has 1 heterocycles. The Kier molecular flexibility index (Phi) is 3.73. The lowest BCUT2D eigenvalue weighted by molar-refractivity contribution is -0.117. The fraction of sp³-hybridized carbons (Fsp3) is 0.400. The highest BCUT2D eigenvalue weighted by Gasteiger charge is 2.23. The minimum atomic E-state index is -0.598. The van der Waals surface area contributed by atoms with Gasteiger partial charge in [0.05, 0.1) is 15.7 Å². The van der Waals surface area contributed by atoms with Crippen LogP contribution in [0.2, 0.25) is 5.15 Å². The third-order valence-corrected chi connectivity index (χ3v) is 2.41. The topological polar surface area (TPSA) is 42.0 Å². The Bertz CT molecular complexity index is 387. The van der Waals surface area contributed by atoms with E-state index in [1.807, 2.05) is 0 Å². The monoisotopic (exact) mass is 290 g/mol. The van der Waals surface area contributed by atoms with E-state index in [-0.39, 0.29) is 5.91 Å². The Morgan fingerprint density at radius 3 is 2.60 bits per heavy atom. The smallest absolute Gasteiger partial charge is 0.240 e. The first kappa shape index (κ1) is 12.5. The van der Waals surface area contributed by atoms with Crippen LogP contribution in [0.5, 0.6) is 0 Å². The molecular formula is C10H12BrClN2O. The van der Waals surface area contributed by atoms with Gasteiger partial charge in [0.15, 0.2) is 0 Å². The maximum absolute atomic E-state index is 11.7. The van der Waals surface area contributed by atoms with Crippen LogP contribution < -0.4 is 5.32 Å². The Morgan fingerprint density at radius 1 is 1.53 bits per heavy atom. The van der Waals surface area contributed by atoms with Gasteiger partial charge < -0.3 is 5.32 Å². The van der Waals surface area contributed by atoms with Gasteiger partial charge in [-0.1, -0.05) is 27.5 Å². The molecule has 1 amide bonds. The SMILES string of the molecule is Cc1nc(Cl)ccc1NC(=O)C(C)(C)Br. The second-order valence-electron chi connectivity index (χ2n) is 3.69. The van der Waals surface area contributed by atoms with E-state index in [4.69, 9.17) is 11.6 Å². The van der Waals surface area contributed by atoms with Crippen LogP contribution in [0.15, 0.2) is 12.1 Å². The van der Waals surface area contributed by atoms with Gasteiger partial charge in [0.25, 0.3) is 0 Å². The molecule has 0 radical (unpaired) electrons. The molecule has 1 N–H and O–H groups in total. The van der Waals surface area contributed by atoms with E-state index in [0.717, 1.165) is 0 Å². The van der Waals surface area contributed by atoms with E-state index in [1.54, 1.807) is 32.9 Å². The first-order valence-electron chi connectivity index (χ1n) is 4.44. The number of nitrogens with one attached hydrogen (secondary N) is 1. The van der Waals surface area contributed by atoms with Crippen LogP contribution in [-0.4, -0.2) is 15.2 Å². The molecule has 15 heavy (non-hydrogen) atoms. The molecule has 0 bridgehead atoms. The maximum Gasteiger partial charge on any atom is 0.240 e. The van der Waals surface area contributed by atoms with Crippen molar-refractivity contribution in [1.29, 1.82) is 0 Å². The lowest BCUT2D eigenvalue weighted by atomic mass is 10.2. The predicted molar refractivity (Wildman–Crippen MR) is 65.6 cm³/mol. The molecule has 0 fully saturated rings. The Hall–Kier alpha value is -0.610. The average molecular weight is 292 g/mol. The molecule has 1 rings (SSSR count). The van der Waals surface area contributed by atoms with Crippen molar-refractivity contribution in [2.75, 3.05) is 5.32 Å². The summed E-state index contributed by atoms with van der Waals surface area (Å²) in [6.45, 7) is 5.35. The number of carbonyl (C=O) groups is 1. The molecule has 0 aromatic carbocycles. The van der Waals surface area contributed by atoms with Crippen molar-refractivity contribution in [3.8, 4) is 0 Å². The molecule has 1 aromatic rings. The van der Waals surface area contributed by atoms with Gasteiger partial charge in [0.1, 0.15) is 5.15 Å². The Balaban J connectivity index is 2.87. The number of pyridine rings is 1. The minimum absolute atomic E-state index is 0.116. The molecule has 0 aliphatic carbocycles. The first-order valence-corrected chi connectivity index (χ1v) is 5.61. The van der Waals surface area contributed by atoms with Crippen LogP contribution in [0.25, 0.3) is 0 Å². The highest BCUT2D eigenvalue weighted by Crippen LogP contribution is 2.21. The number of hydrogen-bond donors (Lipinski definition) is 1. The summed E-state index contributed by atoms with van der Waals surface area (Å²) in [6.07, 6.45) is 0. The summed E-state index contributed by atoms with van der Waals surface area (Å²) in [6, 6.07) is 3.38. The number of alkyl halides is 1. The van der Waals surface area contributed by atoms with Crippen molar-refractivity contribution >= 4 is 39.1 Å². The molecule has 82 valence electrons. The fourth-order valence-corrected chi connectivity index (χ4v) is 1.22. The molecular weight excluding hydrogens is 279 g/mol. The van der Waals surface area contributed by atoms with Crippen molar-refractivity contribution in [3.05, 3.63) is 23.0 Å². The quantitative estimate of drug-likeness (QED) is 0.672. The summed E-state index contributed by atoms with van der Waals surface area (Å²) in [4.78, 5) is 15.7. The van der Waals surface area contributed by atoms with Gasteiger partial charge in [-0.25, -0.2) is 4.98 Å². The van der Waals surface area contributed by atoms with Gasteiger partial charge in [0, 0.05) is 0 Å². The van der Waals surface area contributed by atoms with E-state index in [2.05, 4.69) is 26.2 Å². The summed E-state index contributed by atoms with van der Waals surface area (Å²) < 4.78 is -0.598. The number of carbonyl (C=O) groups excluding carboxylic acids is 1. The summed E-state index contributed by atoms with van der Waals surface area (Å²) in [7, 11) is 0. The minimum Gasteiger partial charge on any atom is -0.323 e. The van der Waals surface area contributed by atoms with E-state index >= 15 is 0 Å². The second-order valence-corrected chi connectivity index (χ2v) is 6.06. The molecule has 0 unspecified atom stereocenters. The zero-order valence-corrected chi connectivity index (χ0v) is 11.1. The van der Waals surface area contributed by atoms with Crippen molar-refractivity contribution in [2.45, 2.75) is 25.1 Å². The molecule has 1 aromatic heterocycles. The maximum atomic E-state index is 11.7. The number of amides is 1. The van der Waals surface area contributed by atoms with Gasteiger partial charge in [-0.2, -0.15) is 0 Å². The molecule has 0 aliphatic heterocycles. The van der Waals surface area contributed by atoms with Crippen LogP contribution in [0, 0.1) is 6.92 Å². The summed E-state index contributed by atoms with van der Waals surface area (Å²) in [5.41, 5.74) is 1.38. The number of nitrogens with zero attached hydrogens (tertiary/aromatic N) is 1. The molecule has 0 spiro atoms. The summed E-state index contributed by atoms with van der Waals surface area (Å²) in [5, 5.41) is 3.19. The van der Waals surface area contributed by atoms with Crippen LogP contribution in [-0.2, 0) is 4.79 Å². The largest absolute Gasteiger partial charge is 0.323 e. The van der Waals surface area contributed by atoms with Gasteiger partial charge in [-0.15, -0.1) is 0 Å². The van der Waals surface area contributed by atoms with E-state index in [1.165, 1.54) is 0 Å². The van der Waals surface area contributed by atoms with Crippen LogP contribution in [0.4, 0.5) is 5.69 Å². The van der Waals surface area contributed by atoms with Gasteiger partial charge >= 0.3 is 0 Å². The molecule has 0 saturated carbocycles. The molecule has 0 aliphatic rings. The van der Waals surface area contributed by atoms with Gasteiger partial charge in [-0.05, 0) is 32.9 Å². The van der Waals surface area contributed by atoms with Crippen molar-refractivity contribution in [1.82, 2.24) is 4.98 Å². The van der Waals surface area contributed by atoms with Crippen molar-refractivity contribution in [2.24, 2.45) is 0 Å². The first-order chi connectivity index (χ1) is 6.80. The zero-order valence-electron chi connectivity index (χ0n) is 8.77. The lowest BCUT2D eigenvalue weighted by Crippen LogP contribution is -2.31. The standard InChI is InChI=1S/C10H12BrClN2O/c1-6-7(4-5-8(12)13-6)14-9(15)10(2,3)11/h4-5H,1-3H3,(H,14,15). The average Bonchev–Trinajstić information content (AvgIpc) is 2.08. The zero-order chi connectivity index (χ0) is 11.6. The van der Waals surface area contributed by atoms with Crippen molar-refractivity contribution < 1.29 is 4.79 Å². The van der Waals surface area contributed by atoms with E-state index in [9.17, 15) is 4.79 Å². The highest BCUT2D eigenvalue weighted by molar-refractivity contribution is 9.10. The Morgan fingerprint density at radius 2 is 2.13 bits per heavy atom. The predicted octanol–water partition coefficient (Wildman–Crippen LogP) is 3.16. The Labute approximate surface area is 102 Å². The number of rotatable bonds is 2. The van der Waals surface area contributed by atoms with Crippen LogP contribution in [0.1, 0.15) is 19.5 Å². The molecule has 5 heteroatoms.